The van der Waals surface area contributed by atoms with Crippen LogP contribution in [0.1, 0.15) is 241 Å². The molecule has 0 aromatic heterocycles. The Bertz CT molecular complexity index is 4210. The molecule has 684 valence electrons. The second-order valence-corrected chi connectivity index (χ2v) is 36.6. The first-order valence-electron chi connectivity index (χ1n) is 43.0. The molecule has 125 heavy (non-hydrogen) atoms. The topological polar surface area (TPSA) is 414 Å². The van der Waals surface area contributed by atoms with Crippen molar-refractivity contribution in [2.24, 2.45) is 0 Å². The molecule has 12 rings (SSSR count). The first kappa shape index (κ1) is 99.4. The molecule has 8 fully saturated rings. The minimum Gasteiger partial charge on any atom is -0.459 e. The molecule has 0 radical (unpaired) electrons. The lowest BCUT2D eigenvalue weighted by atomic mass is 9.96. The second kappa shape index (κ2) is 45.2. The number of esters is 4. The molecule has 8 aliphatic rings. The lowest BCUT2D eigenvalue weighted by Crippen LogP contribution is -2.56. The van der Waals surface area contributed by atoms with E-state index in [1.165, 1.54) is 19.6 Å². The van der Waals surface area contributed by atoms with E-state index in [0.717, 1.165) is 22.3 Å². The predicted molar refractivity (Wildman–Crippen MR) is 456 cm³/mol. The normalized spacial score (nSPS) is 25.1. The minimum absolute atomic E-state index is 0. The number of nitrogens with one attached hydrogen (secondary N) is 4. The first-order chi connectivity index (χ1) is 58.5. The zero-order valence-corrected chi connectivity index (χ0v) is 73.3. The minimum atomic E-state index is -1.06. The van der Waals surface area contributed by atoms with Gasteiger partial charge in [0.1, 0.15) is 109 Å². The number of ketones is 2. The third-order valence-corrected chi connectivity index (χ3v) is 22.0. The Morgan fingerprint density at radius 1 is 0.312 bits per heavy atom. The van der Waals surface area contributed by atoms with E-state index in [4.69, 9.17) is 37.9 Å². The van der Waals surface area contributed by atoms with Crippen LogP contribution in [-0.2, 0) is 112 Å². The van der Waals surface area contributed by atoms with Gasteiger partial charge in [0, 0.05) is 49.9 Å². The number of aliphatic hydroxyl groups excluding tert-OH is 2. The zero-order chi connectivity index (χ0) is 90.4. The molecule has 8 amide bonds. The van der Waals surface area contributed by atoms with Crippen molar-refractivity contribution in [1.82, 2.24) is 40.9 Å². The Kier molecular flexibility index (Phi) is 36.0. The van der Waals surface area contributed by atoms with Gasteiger partial charge in [-0.15, -0.1) is 0 Å². The van der Waals surface area contributed by atoms with Crippen LogP contribution in [0.25, 0.3) is 0 Å². The Balaban J connectivity index is 0.000000206. The van der Waals surface area contributed by atoms with Crippen molar-refractivity contribution in [3.05, 3.63) is 144 Å². The summed E-state index contributed by atoms with van der Waals surface area (Å²) in [6.07, 6.45) is 3.51. The number of hydrogen-bond donors (Lipinski definition) is 6. The van der Waals surface area contributed by atoms with Gasteiger partial charge >= 0.3 is 48.3 Å². The van der Waals surface area contributed by atoms with Gasteiger partial charge in [0.2, 0.25) is 23.6 Å². The van der Waals surface area contributed by atoms with Crippen LogP contribution in [0.2, 0.25) is 0 Å². The molecule has 0 bridgehead atoms. The van der Waals surface area contributed by atoms with Crippen LogP contribution in [0.15, 0.2) is 121 Å². The number of Topliss-reactive ketones (excluding diaryl/α,β-unsaturated/α-hetero) is 2. The summed E-state index contributed by atoms with van der Waals surface area (Å²) in [6, 6.07) is 29.5. The lowest BCUT2D eigenvalue weighted by Gasteiger charge is -2.36. The van der Waals surface area contributed by atoms with Gasteiger partial charge in [0.15, 0.2) is 0 Å². The third-order valence-electron chi connectivity index (χ3n) is 22.0. The van der Waals surface area contributed by atoms with Crippen LogP contribution in [0, 0.1) is 0 Å². The van der Waals surface area contributed by atoms with Crippen molar-refractivity contribution in [3.8, 4) is 0 Å². The SMILES string of the molecule is C.CC(C)(C)OC(=O)N[C@H]1CC(=O)CC[C@H]2CC[C@@H](C(=O)OCc3ccccc3)N2C1=O.CC(C)(C)OC(=O)N[C@H]1CCC(=O)C[C@H]2CC[C@@H](C(=O)OCc3ccccc3)N2C1=O.CC(C)(C)OC(=O)N[C@H]1CC[C@@H](O)C[C@H]2CC[C@@H](C(=O)OCc3ccccc3)N2C1=O.CC(C)(C)OC(=O)N[C@H]1CC[C@H](O)C[C@H]2CC[C@@H](C(=O)OCc3ccccc3)N2C1=O. The van der Waals surface area contributed by atoms with Gasteiger partial charge in [-0.1, -0.05) is 129 Å². The Labute approximate surface area is 732 Å². The van der Waals surface area contributed by atoms with Crippen LogP contribution >= 0.6 is 0 Å². The number of fused-ring (bicyclic) bond motifs is 4. The number of amides is 8. The molecule has 0 spiro atoms. The number of carbonyl (C=O) groups excluding carboxylic acids is 14. The fraction of sp³-hybridized carbons (Fsp3) is 0.591. The maximum absolute atomic E-state index is 13.3. The van der Waals surface area contributed by atoms with E-state index in [9.17, 15) is 77.3 Å². The highest BCUT2D eigenvalue weighted by Crippen LogP contribution is 2.37. The van der Waals surface area contributed by atoms with E-state index >= 15 is 0 Å². The molecule has 6 N–H and O–H groups in total. The summed E-state index contributed by atoms with van der Waals surface area (Å²) in [5, 5.41) is 31.1. The number of hydrogen-bond acceptors (Lipinski definition) is 24. The quantitative estimate of drug-likeness (QED) is 0.0448. The highest BCUT2D eigenvalue weighted by Gasteiger charge is 2.51. The van der Waals surface area contributed by atoms with E-state index in [1.807, 2.05) is 121 Å². The van der Waals surface area contributed by atoms with Crippen LogP contribution in [0.5, 0.6) is 0 Å². The third kappa shape index (κ3) is 30.7. The Morgan fingerprint density at radius 3 is 0.872 bits per heavy atom. The van der Waals surface area contributed by atoms with E-state index in [1.54, 1.807) is 83.1 Å². The fourth-order valence-electron chi connectivity index (χ4n) is 16.4. The molecule has 8 saturated heterocycles. The number of ether oxygens (including phenoxy) is 8. The van der Waals surface area contributed by atoms with Crippen LogP contribution in [0.3, 0.4) is 0 Å². The summed E-state index contributed by atoms with van der Waals surface area (Å²) >= 11 is 0. The van der Waals surface area contributed by atoms with Crippen LogP contribution in [0.4, 0.5) is 19.2 Å². The summed E-state index contributed by atoms with van der Waals surface area (Å²) in [6.45, 7) is 21.3. The van der Waals surface area contributed by atoms with Gasteiger partial charge in [-0.3, -0.25) is 28.8 Å². The molecular formula is C93H128N8O24. The molecule has 4 aromatic rings. The van der Waals surface area contributed by atoms with E-state index in [0.29, 0.717) is 89.9 Å². The summed E-state index contributed by atoms with van der Waals surface area (Å²) < 4.78 is 43.0. The molecule has 4 aromatic carbocycles. The standard InChI is InChI=1S/2C23H32N2O6.2C23H30N2O6.CH4/c3*1-23(2,3)31-22(29)24-18-11-10-17(26)13-16-9-12-19(25(16)20(18)27)21(28)30-14-15-7-5-4-6-8-15;1-23(2,3)31-22(29)24-18-13-17(26)11-9-16-10-12-19(25(16)20(18)27)21(28)30-14-15-7-5-4-6-8-15;/h2*4-8,16-19,26H,9-14H2,1-3H3,(H,24,29);2*4-8,16,18-19H,9-14H2,1-3H3,(H,24,29);1H4/t16-,17+,18+,19+;16-,17-,18+,19+;16-,18+,19+;16-,18-,19-;/m1110./s1. The van der Waals surface area contributed by atoms with Gasteiger partial charge in [-0.2, -0.15) is 0 Å². The number of rotatable bonds is 16. The maximum Gasteiger partial charge on any atom is 0.408 e. The zero-order valence-electron chi connectivity index (χ0n) is 73.3. The summed E-state index contributed by atoms with van der Waals surface area (Å²) in [5.41, 5.74) is 0.586. The number of alkyl carbamates (subject to hydrolysis) is 4. The average molecular weight is 1740 g/mol. The van der Waals surface area contributed by atoms with E-state index in [2.05, 4.69) is 21.3 Å². The molecular weight excluding hydrogens is 1610 g/mol. The van der Waals surface area contributed by atoms with Gasteiger partial charge in [-0.25, -0.2) is 38.4 Å². The van der Waals surface area contributed by atoms with Crippen molar-refractivity contribution < 1.29 is 115 Å². The van der Waals surface area contributed by atoms with Crippen molar-refractivity contribution in [2.75, 3.05) is 0 Å². The van der Waals surface area contributed by atoms with Crippen molar-refractivity contribution in [1.29, 1.82) is 0 Å². The van der Waals surface area contributed by atoms with Crippen LogP contribution < -0.4 is 21.3 Å². The molecule has 14 atom stereocenters. The number of carbonyl (C=O) groups is 14. The second-order valence-electron chi connectivity index (χ2n) is 36.6. The number of benzene rings is 4. The van der Waals surface area contributed by atoms with Gasteiger partial charge < -0.3 is 89.0 Å². The number of nitrogens with zero attached hydrogens (tertiary/aromatic N) is 4. The summed E-state index contributed by atoms with van der Waals surface area (Å²) in [5.74, 6) is -3.46. The van der Waals surface area contributed by atoms with Crippen molar-refractivity contribution in [3.63, 3.8) is 0 Å². The van der Waals surface area contributed by atoms with E-state index < -0.39 is 137 Å². The maximum atomic E-state index is 13.3. The lowest BCUT2D eigenvalue weighted by molar-refractivity contribution is -0.157. The van der Waals surface area contributed by atoms with Crippen molar-refractivity contribution in [2.45, 2.75) is 352 Å². The summed E-state index contributed by atoms with van der Waals surface area (Å²) in [4.78, 5) is 184. The van der Waals surface area contributed by atoms with Gasteiger partial charge in [0.25, 0.3) is 0 Å². The summed E-state index contributed by atoms with van der Waals surface area (Å²) in [7, 11) is 0. The van der Waals surface area contributed by atoms with E-state index in [-0.39, 0.29) is 126 Å². The Hall–Kier alpha value is -11.0. The fourth-order valence-corrected chi connectivity index (χ4v) is 16.4. The van der Waals surface area contributed by atoms with Gasteiger partial charge in [0.05, 0.1) is 12.2 Å². The highest BCUT2D eigenvalue weighted by atomic mass is 16.6. The highest BCUT2D eigenvalue weighted by molar-refractivity contribution is 5.96. The first-order valence-corrected chi connectivity index (χ1v) is 43.0. The Morgan fingerprint density at radius 2 is 0.560 bits per heavy atom. The molecule has 0 aliphatic carbocycles. The molecule has 32 heteroatoms. The predicted octanol–water partition coefficient (Wildman–Crippen LogP) is 11.2. The monoisotopic (exact) mass is 1740 g/mol. The largest absolute Gasteiger partial charge is 0.459 e. The molecule has 32 nitrogen and oxygen atoms in total. The molecule has 8 aliphatic heterocycles. The van der Waals surface area contributed by atoms with Crippen LogP contribution in [-0.4, -0.2) is 220 Å². The smallest absolute Gasteiger partial charge is 0.408 e. The molecule has 0 unspecified atom stereocenters. The average Bonchev–Trinajstić information content (AvgIpc) is 1.71. The molecule has 8 heterocycles. The van der Waals surface area contributed by atoms with Crippen molar-refractivity contribution >= 4 is 83.4 Å². The number of aliphatic hydroxyl groups is 2. The molecule has 0 saturated carbocycles. The van der Waals surface area contributed by atoms with Gasteiger partial charge in [-0.05, 0) is 208 Å².